The minimum atomic E-state index is -1.29. The van der Waals surface area contributed by atoms with E-state index in [1.54, 1.807) is 0 Å². The van der Waals surface area contributed by atoms with Gasteiger partial charge in [-0.1, -0.05) is 56.5 Å². The van der Waals surface area contributed by atoms with Crippen molar-refractivity contribution >= 4 is 11.8 Å². The van der Waals surface area contributed by atoms with Crippen molar-refractivity contribution in [2.45, 2.75) is 50.9 Å². The molecule has 1 fully saturated rings. The number of hydrogen-bond donors (Lipinski definition) is 1. The second-order valence-electron chi connectivity index (χ2n) is 5.71. The summed E-state index contributed by atoms with van der Waals surface area (Å²) in [6.45, 7) is 1.92. The Morgan fingerprint density at radius 3 is 2.25 bits per heavy atom. The third-order valence-corrected chi connectivity index (χ3v) is 4.70. The number of carboxylic acid groups (broad SMARTS) is 1. The highest BCUT2D eigenvalue weighted by molar-refractivity contribution is 6.33. The molecule has 1 aromatic rings. The molecule has 1 saturated carbocycles. The predicted octanol–water partition coefficient (Wildman–Crippen LogP) is 3.57. The topological polar surface area (TPSA) is 54.4 Å². The molecular formula is C17H22O3. The fourth-order valence-electron chi connectivity index (χ4n) is 3.77. The standard InChI is InChI=1S/C17H22O3/c1-2-14(15(18)16(19)20)17(11-7-4-8-12-17)13-9-5-3-6-10-13/h3,5-6,9-10,14H,2,4,7-8,11-12H2,1H3,(H,19,20). The van der Waals surface area contributed by atoms with Gasteiger partial charge in [-0.05, 0) is 24.8 Å². The maximum Gasteiger partial charge on any atom is 0.372 e. The van der Waals surface area contributed by atoms with Crippen molar-refractivity contribution in [1.82, 2.24) is 0 Å². The van der Waals surface area contributed by atoms with Gasteiger partial charge in [-0.25, -0.2) is 4.79 Å². The number of Topliss-reactive ketones (excluding diaryl/α,β-unsaturated/α-hetero) is 1. The van der Waals surface area contributed by atoms with Crippen LogP contribution < -0.4 is 0 Å². The van der Waals surface area contributed by atoms with Gasteiger partial charge in [0.2, 0.25) is 5.78 Å². The molecule has 1 aromatic carbocycles. The van der Waals surface area contributed by atoms with E-state index < -0.39 is 17.7 Å². The summed E-state index contributed by atoms with van der Waals surface area (Å²) in [6, 6.07) is 10.00. The van der Waals surface area contributed by atoms with Crippen LogP contribution in [0.5, 0.6) is 0 Å². The molecule has 1 aliphatic carbocycles. The summed E-state index contributed by atoms with van der Waals surface area (Å²) in [6.07, 6.45) is 5.71. The Balaban J connectivity index is 2.45. The summed E-state index contributed by atoms with van der Waals surface area (Å²) in [5, 5.41) is 9.13. The summed E-state index contributed by atoms with van der Waals surface area (Å²) < 4.78 is 0. The first-order valence-electron chi connectivity index (χ1n) is 7.44. The van der Waals surface area contributed by atoms with Crippen molar-refractivity contribution in [2.75, 3.05) is 0 Å². The lowest BCUT2D eigenvalue weighted by Gasteiger charge is -2.42. The number of carboxylic acids is 1. The van der Waals surface area contributed by atoms with Crippen molar-refractivity contribution in [2.24, 2.45) is 5.92 Å². The molecule has 2 rings (SSSR count). The van der Waals surface area contributed by atoms with Gasteiger partial charge in [0.15, 0.2) is 0 Å². The maximum absolute atomic E-state index is 12.2. The van der Waals surface area contributed by atoms with Gasteiger partial charge in [-0.15, -0.1) is 0 Å². The maximum atomic E-state index is 12.2. The lowest BCUT2D eigenvalue weighted by atomic mass is 9.60. The number of carbonyl (C=O) groups excluding carboxylic acids is 1. The van der Waals surface area contributed by atoms with E-state index in [4.69, 9.17) is 5.11 Å². The molecule has 1 unspecified atom stereocenters. The SMILES string of the molecule is CCC(C(=O)C(=O)O)C1(c2ccccc2)CCCCC1. The number of rotatable bonds is 5. The third kappa shape index (κ3) is 2.62. The van der Waals surface area contributed by atoms with Gasteiger partial charge in [0.25, 0.3) is 0 Å². The van der Waals surface area contributed by atoms with Crippen LogP contribution in [-0.4, -0.2) is 16.9 Å². The normalized spacial score (nSPS) is 19.2. The molecule has 0 aliphatic heterocycles. The van der Waals surface area contributed by atoms with E-state index in [9.17, 15) is 9.59 Å². The van der Waals surface area contributed by atoms with Gasteiger partial charge < -0.3 is 5.11 Å². The van der Waals surface area contributed by atoms with Crippen LogP contribution in [0, 0.1) is 5.92 Å². The van der Waals surface area contributed by atoms with Crippen LogP contribution in [0.3, 0.4) is 0 Å². The van der Waals surface area contributed by atoms with Crippen LogP contribution in [0.4, 0.5) is 0 Å². The monoisotopic (exact) mass is 274 g/mol. The zero-order valence-electron chi connectivity index (χ0n) is 12.0. The van der Waals surface area contributed by atoms with Crippen molar-refractivity contribution in [3.05, 3.63) is 35.9 Å². The van der Waals surface area contributed by atoms with Gasteiger partial charge in [0.05, 0.1) is 0 Å². The number of ketones is 1. The quantitative estimate of drug-likeness (QED) is 0.835. The van der Waals surface area contributed by atoms with Gasteiger partial charge in [0, 0.05) is 11.3 Å². The molecule has 1 aliphatic rings. The van der Waals surface area contributed by atoms with Crippen LogP contribution in [0.1, 0.15) is 51.0 Å². The van der Waals surface area contributed by atoms with Crippen LogP contribution in [0.2, 0.25) is 0 Å². The Bertz CT molecular complexity index is 472. The van der Waals surface area contributed by atoms with Crippen molar-refractivity contribution in [3.63, 3.8) is 0 Å². The summed E-state index contributed by atoms with van der Waals surface area (Å²) in [5.74, 6) is -2.33. The largest absolute Gasteiger partial charge is 0.475 e. The molecule has 0 amide bonds. The van der Waals surface area contributed by atoms with Crippen LogP contribution in [0.25, 0.3) is 0 Å². The molecule has 0 spiro atoms. The summed E-state index contributed by atoms with van der Waals surface area (Å²) in [4.78, 5) is 23.3. The molecule has 3 nitrogen and oxygen atoms in total. The molecule has 1 N–H and O–H groups in total. The number of hydrogen-bond acceptors (Lipinski definition) is 2. The van der Waals surface area contributed by atoms with Gasteiger partial charge in [-0.2, -0.15) is 0 Å². The predicted molar refractivity (Wildman–Crippen MR) is 77.6 cm³/mol. The molecule has 0 radical (unpaired) electrons. The first-order chi connectivity index (χ1) is 9.62. The molecule has 108 valence electrons. The first kappa shape index (κ1) is 14.8. The molecule has 0 heterocycles. The zero-order chi connectivity index (χ0) is 14.6. The van der Waals surface area contributed by atoms with E-state index in [0.717, 1.165) is 31.2 Å². The number of aliphatic carboxylic acids is 1. The highest BCUT2D eigenvalue weighted by Gasteiger charge is 2.45. The minimum Gasteiger partial charge on any atom is -0.475 e. The van der Waals surface area contributed by atoms with Crippen LogP contribution >= 0.6 is 0 Å². The molecule has 20 heavy (non-hydrogen) atoms. The molecule has 3 heteroatoms. The first-order valence-corrected chi connectivity index (χ1v) is 7.44. The van der Waals surface area contributed by atoms with Gasteiger partial charge in [0.1, 0.15) is 0 Å². The van der Waals surface area contributed by atoms with Gasteiger partial charge >= 0.3 is 5.97 Å². The second-order valence-corrected chi connectivity index (χ2v) is 5.71. The van der Waals surface area contributed by atoms with Crippen molar-refractivity contribution < 1.29 is 14.7 Å². The summed E-state index contributed by atoms with van der Waals surface area (Å²) in [5.41, 5.74) is 0.838. The molecule has 0 aromatic heterocycles. The van der Waals surface area contributed by atoms with E-state index in [1.807, 2.05) is 37.3 Å². The van der Waals surface area contributed by atoms with E-state index >= 15 is 0 Å². The lowest BCUT2D eigenvalue weighted by Crippen LogP contribution is -2.43. The van der Waals surface area contributed by atoms with E-state index in [1.165, 1.54) is 6.42 Å². The lowest BCUT2D eigenvalue weighted by molar-refractivity contribution is -0.152. The van der Waals surface area contributed by atoms with E-state index in [2.05, 4.69) is 0 Å². The fraction of sp³-hybridized carbons (Fsp3) is 0.529. The zero-order valence-corrected chi connectivity index (χ0v) is 12.0. The van der Waals surface area contributed by atoms with E-state index in [-0.39, 0.29) is 5.41 Å². The third-order valence-electron chi connectivity index (χ3n) is 4.70. The van der Waals surface area contributed by atoms with E-state index in [0.29, 0.717) is 6.42 Å². The highest BCUT2D eigenvalue weighted by atomic mass is 16.4. The molecule has 0 saturated heterocycles. The van der Waals surface area contributed by atoms with Crippen molar-refractivity contribution in [1.29, 1.82) is 0 Å². The Morgan fingerprint density at radius 1 is 1.15 bits per heavy atom. The fourth-order valence-corrected chi connectivity index (χ4v) is 3.77. The minimum absolute atomic E-state index is 0.288. The van der Waals surface area contributed by atoms with Crippen LogP contribution in [-0.2, 0) is 15.0 Å². The number of carbonyl (C=O) groups is 2. The summed E-state index contributed by atoms with van der Waals surface area (Å²) >= 11 is 0. The Morgan fingerprint density at radius 2 is 1.75 bits per heavy atom. The van der Waals surface area contributed by atoms with Crippen LogP contribution in [0.15, 0.2) is 30.3 Å². The average Bonchev–Trinajstić information content (AvgIpc) is 2.49. The number of benzene rings is 1. The highest BCUT2D eigenvalue weighted by Crippen LogP contribution is 2.46. The average molecular weight is 274 g/mol. The van der Waals surface area contributed by atoms with Crippen molar-refractivity contribution in [3.8, 4) is 0 Å². The smallest absolute Gasteiger partial charge is 0.372 e. The molecule has 1 atom stereocenters. The Hall–Kier alpha value is -1.64. The van der Waals surface area contributed by atoms with Gasteiger partial charge in [-0.3, -0.25) is 4.79 Å². The Labute approximate surface area is 120 Å². The Kier molecular flexibility index (Phi) is 4.58. The molecular weight excluding hydrogens is 252 g/mol. The summed E-state index contributed by atoms with van der Waals surface area (Å²) in [7, 11) is 0. The second kappa shape index (κ2) is 6.21. The molecule has 0 bridgehead atoms.